The molecule has 7 nitrogen and oxygen atoms in total. The van der Waals surface area contributed by atoms with E-state index in [0.29, 0.717) is 4.90 Å². The lowest BCUT2D eigenvalue weighted by molar-refractivity contribution is -0.181. The van der Waals surface area contributed by atoms with Crippen molar-refractivity contribution in [1.82, 2.24) is 10.2 Å². The lowest BCUT2D eigenvalue weighted by Crippen LogP contribution is -2.62. The van der Waals surface area contributed by atoms with Crippen LogP contribution < -0.4 is 5.32 Å². The first-order valence-corrected chi connectivity index (χ1v) is 10.6. The predicted octanol–water partition coefficient (Wildman–Crippen LogP) is 4.17. The molecule has 182 valence electrons. The zero-order chi connectivity index (χ0) is 25.3. The average molecular weight is 478 g/mol. The number of carbonyl (C=O) groups is 3. The number of rotatable bonds is 7. The van der Waals surface area contributed by atoms with Crippen LogP contribution >= 0.6 is 0 Å². The van der Waals surface area contributed by atoms with Gasteiger partial charge in [-0.25, -0.2) is 9.59 Å². The van der Waals surface area contributed by atoms with Gasteiger partial charge in [0.15, 0.2) is 0 Å². The summed E-state index contributed by atoms with van der Waals surface area (Å²) in [4.78, 5) is 37.1. The van der Waals surface area contributed by atoms with Crippen molar-refractivity contribution in [3.05, 3.63) is 59.7 Å². The van der Waals surface area contributed by atoms with Gasteiger partial charge in [-0.2, -0.15) is 13.2 Å². The van der Waals surface area contributed by atoms with E-state index in [9.17, 15) is 32.7 Å². The molecule has 34 heavy (non-hydrogen) atoms. The number of ether oxygens (including phenoxy) is 1. The summed E-state index contributed by atoms with van der Waals surface area (Å²) < 4.78 is 46.2. The van der Waals surface area contributed by atoms with Crippen LogP contribution in [0.15, 0.2) is 48.5 Å². The van der Waals surface area contributed by atoms with E-state index in [1.54, 1.807) is 5.32 Å². The molecule has 2 aromatic carbocycles. The number of amides is 2. The van der Waals surface area contributed by atoms with Crippen molar-refractivity contribution in [3.63, 3.8) is 0 Å². The van der Waals surface area contributed by atoms with Crippen molar-refractivity contribution in [2.24, 2.45) is 0 Å². The lowest BCUT2D eigenvalue weighted by atomic mass is 9.98. The van der Waals surface area contributed by atoms with Crippen molar-refractivity contribution in [1.29, 1.82) is 0 Å². The van der Waals surface area contributed by atoms with Gasteiger partial charge in [-0.15, -0.1) is 0 Å². The fourth-order valence-electron chi connectivity index (χ4n) is 4.14. The molecule has 10 heteroatoms. The maximum absolute atomic E-state index is 13.7. The highest BCUT2D eigenvalue weighted by Crippen LogP contribution is 2.44. The molecular formula is C24H25F3N2O5. The van der Waals surface area contributed by atoms with Gasteiger partial charge in [0.2, 0.25) is 6.04 Å². The first kappa shape index (κ1) is 25.1. The summed E-state index contributed by atoms with van der Waals surface area (Å²) >= 11 is 0. The molecule has 0 radical (unpaired) electrons. The molecule has 1 unspecified atom stereocenters. The normalized spacial score (nSPS) is 14.1. The molecule has 2 amide bonds. The number of carbonyl (C=O) groups excluding carboxylic acids is 2. The zero-order valence-corrected chi connectivity index (χ0v) is 18.8. The van der Waals surface area contributed by atoms with Gasteiger partial charge < -0.3 is 20.1 Å². The number of nitrogens with one attached hydrogen (secondary N) is 1. The number of benzene rings is 2. The number of alkyl halides is 3. The van der Waals surface area contributed by atoms with Crippen molar-refractivity contribution in [2.45, 2.75) is 44.4 Å². The Morgan fingerprint density at radius 2 is 1.53 bits per heavy atom. The van der Waals surface area contributed by atoms with Crippen LogP contribution in [-0.4, -0.2) is 58.9 Å². The number of nitrogens with zero attached hydrogens (tertiary/aromatic N) is 1. The molecule has 0 heterocycles. The van der Waals surface area contributed by atoms with Crippen LogP contribution in [-0.2, 0) is 14.3 Å². The molecule has 1 atom stereocenters. The summed E-state index contributed by atoms with van der Waals surface area (Å²) in [5, 5.41) is 10.9. The zero-order valence-electron chi connectivity index (χ0n) is 18.8. The quantitative estimate of drug-likeness (QED) is 0.623. The first-order valence-electron chi connectivity index (χ1n) is 10.6. The third-order valence-corrected chi connectivity index (χ3v) is 5.96. The summed E-state index contributed by atoms with van der Waals surface area (Å²) in [6.07, 6.45) is -6.59. The van der Waals surface area contributed by atoms with Crippen molar-refractivity contribution in [2.75, 3.05) is 13.2 Å². The van der Waals surface area contributed by atoms with E-state index >= 15 is 0 Å². The monoisotopic (exact) mass is 478 g/mol. The van der Waals surface area contributed by atoms with Crippen LogP contribution in [0, 0.1) is 0 Å². The Hall–Kier alpha value is -3.56. The second-order valence-corrected chi connectivity index (χ2v) is 8.39. The van der Waals surface area contributed by atoms with Gasteiger partial charge in [0.05, 0.1) is 0 Å². The van der Waals surface area contributed by atoms with Crippen LogP contribution in [0.1, 0.15) is 37.8 Å². The maximum atomic E-state index is 13.7. The number of halogens is 3. The smallest absolute Gasteiger partial charge is 0.417 e. The second kappa shape index (κ2) is 9.36. The number of hydrogen-bond donors (Lipinski definition) is 2. The standard InChI is InChI=1S/C24H25F3N2O5/c1-4-29(23(2,3)21(31)32)20(30)19(24(25,26)27)28-22(33)34-13-18-16-11-7-5-9-14(16)15-10-6-8-12-17(15)18/h5-12,18-19H,4,13H2,1-3H3,(H,28,33)(H,31,32). The Morgan fingerprint density at radius 1 is 1.03 bits per heavy atom. The topological polar surface area (TPSA) is 95.9 Å². The Kier molecular flexibility index (Phi) is 6.90. The number of carboxylic acid groups (broad SMARTS) is 1. The van der Waals surface area contributed by atoms with Crippen LogP contribution in [0.25, 0.3) is 11.1 Å². The second-order valence-electron chi connectivity index (χ2n) is 8.39. The van der Waals surface area contributed by atoms with E-state index in [4.69, 9.17) is 4.74 Å². The third kappa shape index (κ3) is 4.71. The molecule has 1 aliphatic carbocycles. The van der Waals surface area contributed by atoms with Crippen molar-refractivity contribution in [3.8, 4) is 11.1 Å². The summed E-state index contributed by atoms with van der Waals surface area (Å²) in [7, 11) is 0. The number of fused-ring (bicyclic) bond motifs is 3. The van der Waals surface area contributed by atoms with Gasteiger partial charge in [0.25, 0.3) is 5.91 Å². The summed E-state index contributed by atoms with van der Waals surface area (Å²) in [6, 6.07) is 12.0. The highest BCUT2D eigenvalue weighted by molar-refractivity contribution is 5.91. The number of hydrogen-bond acceptors (Lipinski definition) is 4. The number of aliphatic carboxylic acids is 1. The lowest BCUT2D eigenvalue weighted by Gasteiger charge is -2.37. The van der Waals surface area contributed by atoms with Crippen LogP contribution in [0.3, 0.4) is 0 Å². The van der Waals surface area contributed by atoms with E-state index in [2.05, 4.69) is 0 Å². The molecule has 0 spiro atoms. The van der Waals surface area contributed by atoms with Gasteiger partial charge in [-0.05, 0) is 43.0 Å². The van der Waals surface area contributed by atoms with E-state index in [0.717, 1.165) is 36.1 Å². The Labute approximate surface area is 194 Å². The van der Waals surface area contributed by atoms with Crippen molar-refractivity contribution < 1.29 is 37.4 Å². The summed E-state index contributed by atoms with van der Waals surface area (Å²) in [6.45, 7) is 3.02. The Balaban J connectivity index is 1.77. The number of alkyl carbamates (subject to hydrolysis) is 1. The van der Waals surface area contributed by atoms with Crippen LogP contribution in [0.2, 0.25) is 0 Å². The molecule has 0 saturated heterocycles. The molecule has 1 aliphatic rings. The minimum absolute atomic E-state index is 0.239. The largest absolute Gasteiger partial charge is 0.480 e. The van der Waals surface area contributed by atoms with Gasteiger partial charge in [-0.3, -0.25) is 4.79 Å². The van der Waals surface area contributed by atoms with Gasteiger partial charge >= 0.3 is 18.2 Å². The maximum Gasteiger partial charge on any atom is 0.417 e. The minimum Gasteiger partial charge on any atom is -0.480 e. The Bertz CT molecular complexity index is 1050. The molecule has 3 rings (SSSR count). The van der Waals surface area contributed by atoms with E-state index < -0.39 is 35.7 Å². The molecule has 0 aromatic heterocycles. The minimum atomic E-state index is -5.16. The van der Waals surface area contributed by atoms with E-state index in [-0.39, 0.29) is 19.1 Å². The highest BCUT2D eigenvalue weighted by atomic mass is 19.4. The molecule has 2 aromatic rings. The Morgan fingerprint density at radius 3 is 1.97 bits per heavy atom. The molecule has 0 bridgehead atoms. The van der Waals surface area contributed by atoms with Gasteiger partial charge in [0.1, 0.15) is 12.1 Å². The summed E-state index contributed by atoms with van der Waals surface area (Å²) in [5.74, 6) is -3.45. The van der Waals surface area contributed by atoms with Gasteiger partial charge in [0, 0.05) is 12.5 Å². The SMILES string of the molecule is CCN(C(=O)C(NC(=O)OCC1c2ccccc2-c2ccccc21)C(F)(F)F)C(C)(C)C(=O)O. The molecule has 2 N–H and O–H groups in total. The van der Waals surface area contributed by atoms with Crippen LogP contribution in [0.4, 0.5) is 18.0 Å². The number of carboxylic acids is 1. The third-order valence-electron chi connectivity index (χ3n) is 5.96. The van der Waals surface area contributed by atoms with Crippen molar-refractivity contribution >= 4 is 18.0 Å². The van der Waals surface area contributed by atoms with E-state index in [1.807, 2.05) is 48.5 Å². The predicted molar refractivity (Wildman–Crippen MR) is 117 cm³/mol. The first-order chi connectivity index (χ1) is 15.9. The number of likely N-dealkylation sites (N-methyl/N-ethyl adjacent to an activating group) is 1. The fourth-order valence-corrected chi connectivity index (χ4v) is 4.14. The molecule has 0 fully saturated rings. The molecule has 0 saturated carbocycles. The molecule has 0 aliphatic heterocycles. The molecular weight excluding hydrogens is 453 g/mol. The van der Waals surface area contributed by atoms with Gasteiger partial charge in [-0.1, -0.05) is 48.5 Å². The van der Waals surface area contributed by atoms with Crippen LogP contribution in [0.5, 0.6) is 0 Å². The summed E-state index contributed by atoms with van der Waals surface area (Å²) in [5.41, 5.74) is 1.73. The average Bonchev–Trinajstić information content (AvgIpc) is 3.09. The fraction of sp³-hybridized carbons (Fsp3) is 0.375. The highest BCUT2D eigenvalue weighted by Gasteiger charge is 2.51. The van der Waals surface area contributed by atoms with E-state index in [1.165, 1.54) is 6.92 Å².